The zero-order valence-electron chi connectivity index (χ0n) is 11.7. The topological polar surface area (TPSA) is 29.3 Å². The number of pyridine rings is 1. The van der Waals surface area contributed by atoms with Crippen LogP contribution in [0, 0.1) is 0 Å². The second-order valence-corrected chi connectivity index (χ2v) is 6.44. The number of aromatic nitrogens is 2. The molecule has 3 heterocycles. The maximum Gasteiger partial charge on any atom is 0.137 e. The van der Waals surface area contributed by atoms with Crippen LogP contribution in [0.15, 0.2) is 59.8 Å². The highest BCUT2D eigenvalue weighted by Crippen LogP contribution is 2.35. The lowest BCUT2D eigenvalue weighted by atomic mass is 10.0. The van der Waals surface area contributed by atoms with Crippen molar-refractivity contribution in [3.63, 3.8) is 0 Å². The van der Waals surface area contributed by atoms with Crippen LogP contribution >= 0.6 is 11.8 Å². The molecule has 1 aliphatic heterocycles. The lowest BCUT2D eigenvalue weighted by Gasteiger charge is -2.25. The first-order valence-electron chi connectivity index (χ1n) is 7.28. The smallest absolute Gasteiger partial charge is 0.137 e. The quantitative estimate of drug-likeness (QED) is 0.799. The molecule has 0 spiro atoms. The number of imidazole rings is 1. The fraction of sp³-hybridized carbons (Fsp3) is 0.235. The molecule has 1 aliphatic rings. The SMILES string of the molecule is c1ccc2c(c1)SCCC2NCc1cn2ccccc2n1. The van der Waals surface area contributed by atoms with E-state index in [-0.39, 0.29) is 0 Å². The first-order valence-corrected chi connectivity index (χ1v) is 8.26. The van der Waals surface area contributed by atoms with Crippen LogP contribution in [0.2, 0.25) is 0 Å². The zero-order valence-corrected chi connectivity index (χ0v) is 12.5. The first-order chi connectivity index (χ1) is 10.4. The van der Waals surface area contributed by atoms with Gasteiger partial charge in [0.05, 0.1) is 5.69 Å². The minimum atomic E-state index is 0.437. The Bertz CT molecular complexity index is 732. The monoisotopic (exact) mass is 295 g/mol. The molecule has 106 valence electrons. The molecule has 3 nitrogen and oxygen atoms in total. The van der Waals surface area contributed by atoms with Crippen molar-refractivity contribution < 1.29 is 0 Å². The van der Waals surface area contributed by atoms with Crippen LogP contribution < -0.4 is 5.32 Å². The molecule has 3 aromatic rings. The molecule has 2 aromatic heterocycles. The van der Waals surface area contributed by atoms with E-state index in [0.717, 1.165) is 17.9 Å². The van der Waals surface area contributed by atoms with Gasteiger partial charge in [-0.15, -0.1) is 11.8 Å². The number of benzene rings is 1. The van der Waals surface area contributed by atoms with Crippen LogP contribution in [0.4, 0.5) is 0 Å². The zero-order chi connectivity index (χ0) is 14.1. The fourth-order valence-corrected chi connectivity index (χ4v) is 3.98. The third kappa shape index (κ3) is 2.57. The standard InChI is InChI=1S/C17H17N3S/c1-2-6-16-14(5-1)15(8-10-21-16)18-11-13-12-20-9-4-3-7-17(20)19-13/h1-7,9,12,15,18H,8,10-11H2. The van der Waals surface area contributed by atoms with Gasteiger partial charge in [0.1, 0.15) is 5.65 Å². The summed E-state index contributed by atoms with van der Waals surface area (Å²) in [6.07, 6.45) is 5.32. The number of nitrogens with one attached hydrogen (secondary N) is 1. The molecule has 0 saturated heterocycles. The Balaban J connectivity index is 1.52. The summed E-state index contributed by atoms with van der Waals surface area (Å²) >= 11 is 1.96. The van der Waals surface area contributed by atoms with Gasteiger partial charge in [-0.1, -0.05) is 24.3 Å². The van der Waals surface area contributed by atoms with Crippen molar-refractivity contribution in [2.45, 2.75) is 23.9 Å². The molecule has 0 saturated carbocycles. The van der Waals surface area contributed by atoms with Gasteiger partial charge in [-0.3, -0.25) is 0 Å². The highest BCUT2D eigenvalue weighted by molar-refractivity contribution is 7.99. The van der Waals surface area contributed by atoms with Crippen LogP contribution in [0.25, 0.3) is 5.65 Å². The molecule has 1 N–H and O–H groups in total. The van der Waals surface area contributed by atoms with Gasteiger partial charge in [0.15, 0.2) is 0 Å². The molecule has 0 amide bonds. The third-order valence-corrected chi connectivity index (χ3v) is 5.02. The summed E-state index contributed by atoms with van der Waals surface area (Å²) in [4.78, 5) is 6.06. The van der Waals surface area contributed by atoms with Crippen molar-refractivity contribution in [2.75, 3.05) is 5.75 Å². The normalized spacial score (nSPS) is 17.8. The van der Waals surface area contributed by atoms with Crippen molar-refractivity contribution in [1.29, 1.82) is 0 Å². The molecule has 4 heteroatoms. The first kappa shape index (κ1) is 12.9. The second-order valence-electron chi connectivity index (χ2n) is 5.31. The summed E-state index contributed by atoms with van der Waals surface area (Å²) in [5.74, 6) is 1.18. The van der Waals surface area contributed by atoms with E-state index in [1.165, 1.54) is 22.6 Å². The Labute approximate surface area is 128 Å². The Hall–Kier alpha value is -1.78. The van der Waals surface area contributed by atoms with Crippen molar-refractivity contribution in [3.05, 3.63) is 66.1 Å². The van der Waals surface area contributed by atoms with Crippen LogP contribution in [-0.4, -0.2) is 15.1 Å². The summed E-state index contributed by atoms with van der Waals surface area (Å²) < 4.78 is 2.07. The van der Waals surface area contributed by atoms with Crippen molar-refractivity contribution in [2.24, 2.45) is 0 Å². The van der Waals surface area contributed by atoms with Crippen molar-refractivity contribution >= 4 is 17.4 Å². The largest absolute Gasteiger partial charge is 0.307 e. The van der Waals surface area contributed by atoms with E-state index in [1.54, 1.807) is 0 Å². The second kappa shape index (κ2) is 5.54. The molecule has 1 unspecified atom stereocenters. The molecule has 21 heavy (non-hydrogen) atoms. The lowest BCUT2D eigenvalue weighted by molar-refractivity contribution is 0.506. The van der Waals surface area contributed by atoms with Crippen LogP contribution in [-0.2, 0) is 6.54 Å². The van der Waals surface area contributed by atoms with E-state index in [0.29, 0.717) is 6.04 Å². The number of fused-ring (bicyclic) bond motifs is 2. The lowest BCUT2D eigenvalue weighted by Crippen LogP contribution is -2.24. The third-order valence-electron chi connectivity index (χ3n) is 3.90. The Morgan fingerprint density at radius 3 is 3.05 bits per heavy atom. The van der Waals surface area contributed by atoms with Crippen molar-refractivity contribution in [3.8, 4) is 0 Å². The van der Waals surface area contributed by atoms with E-state index in [2.05, 4.69) is 45.2 Å². The van der Waals surface area contributed by atoms with Crippen LogP contribution in [0.3, 0.4) is 0 Å². The van der Waals surface area contributed by atoms with E-state index in [9.17, 15) is 0 Å². The van der Waals surface area contributed by atoms with Crippen LogP contribution in [0.5, 0.6) is 0 Å². The van der Waals surface area contributed by atoms with Gasteiger partial charge in [0, 0.05) is 29.9 Å². The summed E-state index contributed by atoms with van der Waals surface area (Å²) in [6.45, 7) is 0.811. The van der Waals surface area contributed by atoms with Crippen molar-refractivity contribution in [1.82, 2.24) is 14.7 Å². The maximum absolute atomic E-state index is 4.65. The number of hydrogen-bond donors (Lipinski definition) is 1. The summed E-state index contributed by atoms with van der Waals surface area (Å²) in [5.41, 5.74) is 3.53. The van der Waals surface area contributed by atoms with Gasteiger partial charge in [-0.05, 0) is 35.9 Å². The van der Waals surface area contributed by atoms with E-state index in [4.69, 9.17) is 0 Å². The maximum atomic E-state index is 4.65. The highest BCUT2D eigenvalue weighted by atomic mass is 32.2. The number of nitrogens with zero attached hydrogens (tertiary/aromatic N) is 2. The molecular formula is C17H17N3S. The summed E-state index contributed by atoms with van der Waals surface area (Å²) in [5, 5.41) is 3.67. The number of hydrogen-bond acceptors (Lipinski definition) is 3. The van der Waals surface area contributed by atoms with Gasteiger partial charge < -0.3 is 9.72 Å². The molecule has 0 fully saturated rings. The average Bonchev–Trinajstić information content (AvgIpc) is 2.96. The predicted octanol–water partition coefficient (Wildman–Crippen LogP) is 3.66. The molecule has 0 aliphatic carbocycles. The molecule has 0 radical (unpaired) electrons. The van der Waals surface area contributed by atoms with Gasteiger partial charge >= 0.3 is 0 Å². The molecule has 0 bridgehead atoms. The highest BCUT2D eigenvalue weighted by Gasteiger charge is 2.19. The van der Waals surface area contributed by atoms with E-state index < -0.39 is 0 Å². The molecule has 4 rings (SSSR count). The van der Waals surface area contributed by atoms with Gasteiger partial charge in [-0.25, -0.2) is 4.98 Å². The van der Waals surface area contributed by atoms with E-state index in [1.807, 2.05) is 36.2 Å². The predicted molar refractivity (Wildman–Crippen MR) is 86.6 cm³/mol. The molecular weight excluding hydrogens is 278 g/mol. The molecule has 1 atom stereocenters. The van der Waals surface area contributed by atoms with Gasteiger partial charge in [0.2, 0.25) is 0 Å². The van der Waals surface area contributed by atoms with Gasteiger partial charge in [0.25, 0.3) is 0 Å². The Morgan fingerprint density at radius 1 is 1.19 bits per heavy atom. The minimum absolute atomic E-state index is 0.437. The minimum Gasteiger partial charge on any atom is -0.307 e. The summed E-state index contributed by atoms with van der Waals surface area (Å²) in [6, 6.07) is 15.2. The Morgan fingerprint density at radius 2 is 2.10 bits per heavy atom. The van der Waals surface area contributed by atoms with E-state index >= 15 is 0 Å². The molecule has 1 aromatic carbocycles. The average molecular weight is 295 g/mol. The number of thioether (sulfide) groups is 1. The van der Waals surface area contributed by atoms with Gasteiger partial charge in [-0.2, -0.15) is 0 Å². The Kier molecular flexibility index (Phi) is 3.41. The number of rotatable bonds is 3. The summed E-state index contributed by atoms with van der Waals surface area (Å²) in [7, 11) is 0. The van der Waals surface area contributed by atoms with Crippen LogP contribution in [0.1, 0.15) is 23.7 Å². The fourth-order valence-electron chi connectivity index (χ4n) is 2.85.